The van der Waals surface area contributed by atoms with E-state index in [4.69, 9.17) is 4.74 Å². The smallest absolute Gasteiger partial charge is 0.262 e. The molecule has 1 aliphatic carbocycles. The highest BCUT2D eigenvalue weighted by Crippen LogP contribution is 2.38. The molecule has 1 fully saturated rings. The lowest BCUT2D eigenvalue weighted by Crippen LogP contribution is -2.33. The summed E-state index contributed by atoms with van der Waals surface area (Å²) in [7, 11) is 1.63. The van der Waals surface area contributed by atoms with Gasteiger partial charge in [-0.15, -0.1) is 5.10 Å². The number of aryl methyl sites for hydroxylation is 1. The fraction of sp³-hybridized carbons (Fsp3) is 0.417. The van der Waals surface area contributed by atoms with Crippen molar-refractivity contribution in [3.8, 4) is 17.0 Å². The second-order valence-electron chi connectivity index (χ2n) is 8.65. The molecule has 1 aromatic carbocycles. The van der Waals surface area contributed by atoms with Crippen LogP contribution in [-0.4, -0.2) is 31.3 Å². The Hall–Kier alpha value is -3.22. The monoisotopic (exact) mass is 417 g/mol. The molecule has 0 amide bonds. The molecule has 0 radical (unpaired) electrons. The van der Waals surface area contributed by atoms with Crippen molar-refractivity contribution in [2.45, 2.75) is 46.1 Å². The minimum Gasteiger partial charge on any atom is -0.496 e. The summed E-state index contributed by atoms with van der Waals surface area (Å²) in [5, 5.41) is 5.12. The van der Waals surface area contributed by atoms with Crippen molar-refractivity contribution in [1.82, 2.24) is 24.1 Å². The van der Waals surface area contributed by atoms with Crippen molar-refractivity contribution in [3.63, 3.8) is 0 Å². The van der Waals surface area contributed by atoms with Gasteiger partial charge in [-0.2, -0.15) is 9.50 Å². The maximum Gasteiger partial charge on any atom is 0.262 e. The Morgan fingerprint density at radius 1 is 1.10 bits per heavy atom. The fourth-order valence-corrected chi connectivity index (χ4v) is 4.99. The van der Waals surface area contributed by atoms with Gasteiger partial charge in [0.05, 0.1) is 23.7 Å². The first kappa shape index (κ1) is 19.7. The molecule has 3 aromatic heterocycles. The van der Waals surface area contributed by atoms with E-state index in [1.165, 1.54) is 6.42 Å². The molecule has 7 nitrogen and oxygen atoms in total. The number of pyridine rings is 1. The van der Waals surface area contributed by atoms with E-state index < -0.39 is 0 Å². The van der Waals surface area contributed by atoms with Crippen LogP contribution in [0, 0.1) is 18.8 Å². The summed E-state index contributed by atoms with van der Waals surface area (Å²) >= 11 is 0. The highest BCUT2D eigenvalue weighted by atomic mass is 16.5. The summed E-state index contributed by atoms with van der Waals surface area (Å²) < 4.78 is 9.22. The van der Waals surface area contributed by atoms with Gasteiger partial charge in [-0.1, -0.05) is 38.8 Å². The Kier molecular flexibility index (Phi) is 4.76. The van der Waals surface area contributed by atoms with Gasteiger partial charge in [-0.05, 0) is 43.4 Å². The Morgan fingerprint density at radius 2 is 1.90 bits per heavy atom. The number of ether oxygens (including phenoxy) is 1. The molecular weight excluding hydrogens is 390 g/mol. The Balaban J connectivity index is 1.87. The molecule has 0 spiro atoms. The van der Waals surface area contributed by atoms with Crippen molar-refractivity contribution >= 4 is 16.7 Å². The molecular formula is C24H27N5O2. The third kappa shape index (κ3) is 3.10. The van der Waals surface area contributed by atoms with Crippen LogP contribution in [-0.2, 0) is 0 Å². The van der Waals surface area contributed by atoms with Gasteiger partial charge < -0.3 is 9.30 Å². The lowest BCUT2D eigenvalue weighted by molar-refractivity contribution is 0.183. The molecule has 1 saturated carbocycles. The van der Waals surface area contributed by atoms with Gasteiger partial charge in [-0.3, -0.25) is 4.79 Å². The lowest BCUT2D eigenvalue weighted by atomic mass is 9.78. The van der Waals surface area contributed by atoms with Crippen molar-refractivity contribution < 1.29 is 4.74 Å². The van der Waals surface area contributed by atoms with E-state index in [0.29, 0.717) is 45.8 Å². The van der Waals surface area contributed by atoms with Gasteiger partial charge in [0.25, 0.3) is 11.3 Å². The van der Waals surface area contributed by atoms with Crippen LogP contribution in [0.5, 0.6) is 5.75 Å². The van der Waals surface area contributed by atoms with Crippen molar-refractivity contribution in [2.75, 3.05) is 7.11 Å². The maximum atomic E-state index is 13.9. The van der Waals surface area contributed by atoms with Crippen molar-refractivity contribution in [2.24, 2.45) is 11.8 Å². The summed E-state index contributed by atoms with van der Waals surface area (Å²) in [4.78, 5) is 23.1. The van der Waals surface area contributed by atoms with E-state index in [1.807, 2.05) is 48.0 Å². The normalized spacial score (nSPS) is 21.6. The van der Waals surface area contributed by atoms with Crippen LogP contribution < -0.4 is 10.3 Å². The van der Waals surface area contributed by atoms with E-state index in [0.717, 1.165) is 18.4 Å². The lowest BCUT2D eigenvalue weighted by Gasteiger charge is -2.35. The zero-order valence-electron chi connectivity index (χ0n) is 18.4. The van der Waals surface area contributed by atoms with Gasteiger partial charge in [-0.25, -0.2) is 4.98 Å². The van der Waals surface area contributed by atoms with Crippen molar-refractivity contribution in [1.29, 1.82) is 0 Å². The van der Waals surface area contributed by atoms with Gasteiger partial charge in [0.15, 0.2) is 0 Å². The summed E-state index contributed by atoms with van der Waals surface area (Å²) in [6, 6.07) is 9.81. The van der Waals surface area contributed by atoms with Gasteiger partial charge in [0, 0.05) is 17.8 Å². The summed E-state index contributed by atoms with van der Waals surface area (Å²) in [6.45, 7) is 6.37. The number of hydrogen-bond donors (Lipinski definition) is 0. The standard InChI is InChI=1S/C24H27N5O2/c1-14-8-7-10-19(15(14)2)28-13-12-18-21(23(28)30)22(17-9-5-6-11-20(17)31-4)29-24(26-18)25-16(3)27-29/h5-6,9,11-15,19H,7-8,10H2,1-4H3/t14-,15-,19+/m0/s1. The minimum absolute atomic E-state index is 0.0353. The van der Waals surface area contributed by atoms with Gasteiger partial charge in [0.2, 0.25) is 0 Å². The van der Waals surface area contributed by atoms with Crippen molar-refractivity contribution in [3.05, 3.63) is 52.7 Å². The number of para-hydroxylation sites is 1. The number of hydrogen-bond acceptors (Lipinski definition) is 5. The molecule has 5 rings (SSSR count). The number of rotatable bonds is 3. The van der Waals surface area contributed by atoms with E-state index in [1.54, 1.807) is 11.6 Å². The highest BCUT2D eigenvalue weighted by molar-refractivity contribution is 5.94. The summed E-state index contributed by atoms with van der Waals surface area (Å²) in [6.07, 6.45) is 5.27. The predicted octanol–water partition coefficient (Wildman–Crippen LogP) is 4.42. The Morgan fingerprint density at radius 3 is 2.71 bits per heavy atom. The minimum atomic E-state index is -0.0353. The fourth-order valence-electron chi connectivity index (χ4n) is 4.99. The molecule has 0 N–H and O–H groups in total. The van der Waals surface area contributed by atoms with Crippen LogP contribution in [0.2, 0.25) is 0 Å². The number of aromatic nitrogens is 5. The third-order valence-electron chi connectivity index (χ3n) is 6.85. The second kappa shape index (κ2) is 7.48. The first-order chi connectivity index (χ1) is 15.0. The summed E-state index contributed by atoms with van der Waals surface area (Å²) in [5.74, 6) is 2.79. The van der Waals surface area contributed by atoms with E-state index in [-0.39, 0.29) is 11.6 Å². The molecule has 0 unspecified atom stereocenters. The number of fused-ring (bicyclic) bond motifs is 2. The molecule has 4 aromatic rings. The molecule has 3 atom stereocenters. The molecule has 31 heavy (non-hydrogen) atoms. The first-order valence-electron chi connectivity index (χ1n) is 10.9. The largest absolute Gasteiger partial charge is 0.496 e. The van der Waals surface area contributed by atoms with Crippen LogP contribution in [0.25, 0.3) is 27.9 Å². The second-order valence-corrected chi connectivity index (χ2v) is 8.65. The summed E-state index contributed by atoms with van der Waals surface area (Å²) in [5.41, 5.74) is 2.06. The molecule has 0 saturated heterocycles. The molecule has 3 heterocycles. The average Bonchev–Trinajstić information content (AvgIpc) is 3.14. The van der Waals surface area contributed by atoms with E-state index in [2.05, 4.69) is 28.9 Å². The first-order valence-corrected chi connectivity index (χ1v) is 10.9. The number of benzene rings is 1. The topological polar surface area (TPSA) is 74.3 Å². The van der Waals surface area contributed by atoms with Crippen LogP contribution in [0.1, 0.15) is 45.0 Å². The SMILES string of the molecule is COc1ccccc1-c1c2c(=O)n([C@@H]3CCC[C@H](C)[C@@H]3C)ccc2nc2nc(C)nn12. The maximum absolute atomic E-state index is 13.9. The molecule has 1 aliphatic rings. The zero-order chi connectivity index (χ0) is 21.7. The zero-order valence-corrected chi connectivity index (χ0v) is 18.4. The van der Waals surface area contributed by atoms with E-state index >= 15 is 0 Å². The van der Waals surface area contributed by atoms with Gasteiger partial charge >= 0.3 is 0 Å². The van der Waals surface area contributed by atoms with Crippen LogP contribution >= 0.6 is 0 Å². The quantitative estimate of drug-likeness (QED) is 0.493. The third-order valence-corrected chi connectivity index (χ3v) is 6.85. The molecule has 0 aliphatic heterocycles. The predicted molar refractivity (Wildman–Crippen MR) is 120 cm³/mol. The highest BCUT2D eigenvalue weighted by Gasteiger charge is 2.30. The van der Waals surface area contributed by atoms with Crippen LogP contribution in [0.15, 0.2) is 41.3 Å². The molecule has 160 valence electrons. The van der Waals surface area contributed by atoms with Crippen LogP contribution in [0.4, 0.5) is 0 Å². The number of nitrogens with zero attached hydrogens (tertiary/aromatic N) is 5. The van der Waals surface area contributed by atoms with Crippen LogP contribution in [0.3, 0.4) is 0 Å². The van der Waals surface area contributed by atoms with Gasteiger partial charge in [0.1, 0.15) is 11.6 Å². The average molecular weight is 418 g/mol. The molecule has 7 heteroatoms. The Labute approximate surface area is 180 Å². The van der Waals surface area contributed by atoms with E-state index in [9.17, 15) is 4.79 Å². The number of methoxy groups -OCH3 is 1. The molecule has 0 bridgehead atoms. The Bertz CT molecular complexity index is 1340.